The zero-order valence-corrected chi connectivity index (χ0v) is 16.4. The number of anilines is 3. The Morgan fingerprint density at radius 2 is 1.89 bits per heavy atom. The molecule has 28 heavy (non-hydrogen) atoms. The number of methoxy groups -OCH3 is 1. The number of pyridine rings is 1. The molecule has 0 atom stereocenters. The summed E-state index contributed by atoms with van der Waals surface area (Å²) in [6, 6.07) is 10.3. The molecule has 1 aliphatic heterocycles. The Labute approximate surface area is 165 Å². The fraction of sp³-hybridized carbons (Fsp3) is 0.381. The molecule has 0 amide bonds. The highest BCUT2D eigenvalue weighted by Gasteiger charge is 2.19. The topological polar surface area (TPSA) is 68.1 Å². The molecule has 2 aromatic heterocycles. The van der Waals surface area contributed by atoms with Crippen LogP contribution in [0, 0.1) is 12.8 Å². The van der Waals surface area contributed by atoms with E-state index in [1.807, 2.05) is 12.1 Å². The van der Waals surface area contributed by atoms with Gasteiger partial charge in [-0.3, -0.25) is 4.98 Å². The van der Waals surface area contributed by atoms with Gasteiger partial charge in [-0.25, -0.2) is 4.68 Å². The van der Waals surface area contributed by atoms with Crippen molar-refractivity contribution in [2.24, 2.45) is 5.92 Å². The normalized spacial score (nSPS) is 15.0. The van der Waals surface area contributed by atoms with Gasteiger partial charge in [0.1, 0.15) is 6.33 Å². The Hall–Kier alpha value is -2.93. The summed E-state index contributed by atoms with van der Waals surface area (Å²) in [7, 11) is 1.79. The minimum Gasteiger partial charge on any atom is -0.384 e. The fourth-order valence-corrected chi connectivity index (χ4v) is 3.68. The number of aromatic nitrogens is 4. The van der Waals surface area contributed by atoms with E-state index in [4.69, 9.17) is 4.74 Å². The summed E-state index contributed by atoms with van der Waals surface area (Å²) in [6.45, 7) is 5.10. The van der Waals surface area contributed by atoms with E-state index in [2.05, 4.69) is 50.4 Å². The largest absolute Gasteiger partial charge is 0.384 e. The highest BCUT2D eigenvalue weighted by Crippen LogP contribution is 2.28. The Morgan fingerprint density at radius 3 is 2.64 bits per heavy atom. The number of hydrogen-bond acceptors (Lipinski definition) is 6. The van der Waals surface area contributed by atoms with Crippen LogP contribution >= 0.6 is 0 Å². The third-order valence-corrected chi connectivity index (χ3v) is 5.12. The zero-order chi connectivity index (χ0) is 19.3. The van der Waals surface area contributed by atoms with E-state index in [1.54, 1.807) is 30.5 Å². The van der Waals surface area contributed by atoms with E-state index in [0.717, 1.165) is 31.1 Å². The lowest BCUT2D eigenvalue weighted by Crippen LogP contribution is -2.35. The van der Waals surface area contributed by atoms with Gasteiger partial charge in [0, 0.05) is 50.6 Å². The molecule has 1 aromatic carbocycles. The Balaban J connectivity index is 1.47. The lowest BCUT2D eigenvalue weighted by Gasteiger charge is -2.33. The summed E-state index contributed by atoms with van der Waals surface area (Å²) >= 11 is 0. The highest BCUT2D eigenvalue weighted by atomic mass is 16.5. The molecule has 0 radical (unpaired) electrons. The average Bonchev–Trinajstić information content (AvgIpc) is 3.17. The van der Waals surface area contributed by atoms with Crippen LogP contribution in [0.2, 0.25) is 0 Å². The molecule has 0 bridgehead atoms. The molecule has 7 nitrogen and oxygen atoms in total. The number of nitrogens with one attached hydrogen (secondary N) is 1. The van der Waals surface area contributed by atoms with Crippen LogP contribution in [-0.2, 0) is 4.74 Å². The van der Waals surface area contributed by atoms with Crippen molar-refractivity contribution in [3.8, 4) is 5.69 Å². The van der Waals surface area contributed by atoms with Gasteiger partial charge in [0.05, 0.1) is 5.69 Å². The van der Waals surface area contributed by atoms with Gasteiger partial charge >= 0.3 is 0 Å². The first-order valence-electron chi connectivity index (χ1n) is 9.66. The van der Waals surface area contributed by atoms with Crippen molar-refractivity contribution >= 4 is 17.3 Å². The van der Waals surface area contributed by atoms with Crippen LogP contribution in [0.15, 0.2) is 49.1 Å². The molecule has 1 saturated heterocycles. The second-order valence-electron chi connectivity index (χ2n) is 7.29. The van der Waals surface area contributed by atoms with Crippen LogP contribution in [0.3, 0.4) is 0 Å². The zero-order valence-electron chi connectivity index (χ0n) is 16.4. The minimum absolute atomic E-state index is 0.576. The molecule has 1 fully saturated rings. The molecule has 0 saturated carbocycles. The number of aryl methyl sites for hydroxylation is 1. The summed E-state index contributed by atoms with van der Waals surface area (Å²) in [5, 5.41) is 7.86. The van der Waals surface area contributed by atoms with Gasteiger partial charge in [-0.15, -0.1) is 5.10 Å². The summed E-state index contributed by atoms with van der Waals surface area (Å²) in [6.07, 6.45) is 7.53. The van der Waals surface area contributed by atoms with Crippen LogP contribution < -0.4 is 10.2 Å². The van der Waals surface area contributed by atoms with Crippen molar-refractivity contribution in [1.29, 1.82) is 0 Å². The van der Waals surface area contributed by atoms with Gasteiger partial charge in [-0.1, -0.05) is 0 Å². The van der Waals surface area contributed by atoms with E-state index in [-0.39, 0.29) is 0 Å². The summed E-state index contributed by atoms with van der Waals surface area (Å²) in [4.78, 5) is 10.9. The molecule has 4 rings (SSSR count). The van der Waals surface area contributed by atoms with E-state index in [1.165, 1.54) is 24.1 Å². The van der Waals surface area contributed by atoms with Gasteiger partial charge in [0.25, 0.3) is 0 Å². The molecule has 0 spiro atoms. The predicted octanol–water partition coefficient (Wildman–Crippen LogP) is 3.58. The quantitative estimate of drug-likeness (QED) is 0.707. The van der Waals surface area contributed by atoms with Crippen LogP contribution in [0.5, 0.6) is 0 Å². The number of benzene rings is 1. The number of piperidine rings is 1. The maximum Gasteiger partial charge on any atom is 0.246 e. The van der Waals surface area contributed by atoms with Crippen molar-refractivity contribution in [1.82, 2.24) is 19.7 Å². The number of ether oxygens (including phenoxy) is 1. The fourth-order valence-electron chi connectivity index (χ4n) is 3.68. The van der Waals surface area contributed by atoms with Crippen molar-refractivity contribution in [2.45, 2.75) is 19.8 Å². The van der Waals surface area contributed by atoms with Gasteiger partial charge in [-0.2, -0.15) is 4.98 Å². The van der Waals surface area contributed by atoms with Crippen molar-refractivity contribution in [3.63, 3.8) is 0 Å². The molecular weight excluding hydrogens is 352 g/mol. The average molecular weight is 378 g/mol. The highest BCUT2D eigenvalue weighted by molar-refractivity contribution is 5.64. The number of rotatable bonds is 6. The second kappa shape index (κ2) is 8.39. The van der Waals surface area contributed by atoms with E-state index in [0.29, 0.717) is 11.9 Å². The first-order valence-corrected chi connectivity index (χ1v) is 9.66. The van der Waals surface area contributed by atoms with Gasteiger partial charge < -0.3 is 15.0 Å². The maximum absolute atomic E-state index is 5.31. The van der Waals surface area contributed by atoms with Crippen molar-refractivity contribution in [3.05, 3.63) is 54.6 Å². The first kappa shape index (κ1) is 18.4. The molecule has 3 aromatic rings. The molecule has 1 N–H and O–H groups in total. The summed E-state index contributed by atoms with van der Waals surface area (Å²) in [5.41, 5.74) is 4.39. The van der Waals surface area contributed by atoms with Crippen LogP contribution in [0.4, 0.5) is 17.3 Å². The van der Waals surface area contributed by atoms with Crippen LogP contribution in [0.1, 0.15) is 18.4 Å². The summed E-state index contributed by atoms with van der Waals surface area (Å²) < 4.78 is 7.05. The molecule has 1 aliphatic rings. The number of nitrogens with zero attached hydrogens (tertiary/aromatic N) is 5. The molecule has 146 valence electrons. The van der Waals surface area contributed by atoms with Crippen molar-refractivity contribution in [2.75, 3.05) is 37.0 Å². The third-order valence-electron chi connectivity index (χ3n) is 5.12. The maximum atomic E-state index is 5.31. The van der Waals surface area contributed by atoms with Gasteiger partial charge in [-0.05, 0) is 61.6 Å². The Kier molecular flexibility index (Phi) is 5.53. The number of hydrogen-bond donors (Lipinski definition) is 1. The third kappa shape index (κ3) is 4.31. The van der Waals surface area contributed by atoms with E-state index < -0.39 is 0 Å². The van der Waals surface area contributed by atoms with Crippen molar-refractivity contribution < 1.29 is 4.74 Å². The molecule has 7 heteroatoms. The monoisotopic (exact) mass is 378 g/mol. The second-order valence-corrected chi connectivity index (χ2v) is 7.29. The molecule has 0 unspecified atom stereocenters. The minimum atomic E-state index is 0.576. The van der Waals surface area contributed by atoms with Gasteiger partial charge in [0.2, 0.25) is 5.95 Å². The van der Waals surface area contributed by atoms with Gasteiger partial charge in [0.15, 0.2) is 0 Å². The lowest BCUT2D eigenvalue weighted by atomic mass is 9.97. The molecular formula is C21H26N6O. The molecule has 0 aliphatic carbocycles. The smallest absolute Gasteiger partial charge is 0.246 e. The lowest BCUT2D eigenvalue weighted by molar-refractivity contribution is 0.139. The van der Waals surface area contributed by atoms with Crippen LogP contribution in [0.25, 0.3) is 5.69 Å². The standard InChI is InChI=1S/C21H26N6O/c1-16-11-18(13-20(12-16)26-9-5-17(6-10-26)14-28-2)24-21-23-15-27(25-21)19-3-7-22-8-4-19/h3-4,7-8,11-13,15,17H,5-6,9-10,14H2,1-2H3,(H,24,25). The Morgan fingerprint density at radius 1 is 1.11 bits per heavy atom. The van der Waals surface area contributed by atoms with E-state index >= 15 is 0 Å². The molecule has 3 heterocycles. The van der Waals surface area contributed by atoms with Crippen LogP contribution in [-0.4, -0.2) is 46.6 Å². The SMILES string of the molecule is COCC1CCN(c2cc(C)cc(Nc3ncn(-c4ccncc4)n3)c2)CC1. The first-order chi connectivity index (χ1) is 13.7. The summed E-state index contributed by atoms with van der Waals surface area (Å²) in [5.74, 6) is 1.25. The van der Waals surface area contributed by atoms with E-state index in [9.17, 15) is 0 Å². The Bertz CT molecular complexity index is 902. The predicted molar refractivity (Wildman–Crippen MR) is 110 cm³/mol.